The largest absolute Gasteiger partial charge is 0.496 e. The van der Waals surface area contributed by atoms with Crippen molar-refractivity contribution in [2.75, 3.05) is 13.7 Å². The lowest BCUT2D eigenvalue weighted by Crippen LogP contribution is -2.34. The monoisotopic (exact) mass is 341 g/mol. The van der Waals surface area contributed by atoms with Crippen LogP contribution < -0.4 is 10.1 Å². The van der Waals surface area contributed by atoms with Gasteiger partial charge in [0.25, 0.3) is 0 Å². The van der Waals surface area contributed by atoms with E-state index in [0.717, 1.165) is 0 Å². The maximum Gasteiger partial charge on any atom is 0.407 e. The lowest BCUT2D eigenvalue weighted by molar-refractivity contribution is -0.132. The van der Waals surface area contributed by atoms with Crippen LogP contribution in [0.15, 0.2) is 23.8 Å². The maximum atomic E-state index is 11.6. The van der Waals surface area contributed by atoms with Gasteiger partial charge in [-0.05, 0) is 45.0 Å². The zero-order valence-electron chi connectivity index (χ0n) is 13.5. The average molecular weight is 342 g/mol. The fourth-order valence-corrected chi connectivity index (χ4v) is 1.86. The number of ether oxygens (including phenoxy) is 2. The SMILES string of the molecule is COc1ccc(Cl)cc1/C=C(\CNC(=O)OC(C)(C)C)C(=O)O. The predicted octanol–water partition coefficient (Wildman–Crippen LogP) is 3.34. The van der Waals surface area contributed by atoms with E-state index in [1.165, 1.54) is 13.2 Å². The number of benzene rings is 1. The highest BCUT2D eigenvalue weighted by Gasteiger charge is 2.17. The van der Waals surface area contributed by atoms with E-state index >= 15 is 0 Å². The number of carboxylic acids is 1. The number of carbonyl (C=O) groups is 2. The summed E-state index contributed by atoms with van der Waals surface area (Å²) in [6.45, 7) is 4.96. The molecule has 0 saturated heterocycles. The summed E-state index contributed by atoms with van der Waals surface area (Å²) in [6, 6.07) is 4.85. The molecule has 1 aromatic rings. The second kappa shape index (κ2) is 7.87. The number of aliphatic carboxylic acids is 1. The van der Waals surface area contributed by atoms with E-state index in [9.17, 15) is 14.7 Å². The van der Waals surface area contributed by atoms with Crippen LogP contribution in [0.5, 0.6) is 5.75 Å². The minimum Gasteiger partial charge on any atom is -0.496 e. The Morgan fingerprint density at radius 2 is 2.00 bits per heavy atom. The number of rotatable bonds is 5. The average Bonchev–Trinajstić information content (AvgIpc) is 2.41. The predicted molar refractivity (Wildman–Crippen MR) is 87.9 cm³/mol. The summed E-state index contributed by atoms with van der Waals surface area (Å²) >= 11 is 5.91. The molecule has 6 nitrogen and oxygen atoms in total. The van der Waals surface area contributed by atoms with E-state index in [-0.39, 0.29) is 12.1 Å². The molecule has 23 heavy (non-hydrogen) atoms. The Kier molecular flexibility index (Phi) is 6.45. The second-order valence-electron chi connectivity index (χ2n) is 5.72. The number of methoxy groups -OCH3 is 1. The van der Waals surface area contributed by atoms with Gasteiger partial charge in [0.2, 0.25) is 0 Å². The molecule has 0 fully saturated rings. The Labute approximate surface area is 140 Å². The first-order chi connectivity index (χ1) is 10.6. The van der Waals surface area contributed by atoms with E-state index in [0.29, 0.717) is 16.3 Å². The first-order valence-corrected chi connectivity index (χ1v) is 7.24. The molecule has 0 radical (unpaired) electrons. The molecule has 0 unspecified atom stereocenters. The molecule has 0 saturated carbocycles. The second-order valence-corrected chi connectivity index (χ2v) is 6.15. The summed E-state index contributed by atoms with van der Waals surface area (Å²) < 4.78 is 10.2. The van der Waals surface area contributed by atoms with Crippen LogP contribution in [-0.4, -0.2) is 36.4 Å². The zero-order valence-corrected chi connectivity index (χ0v) is 14.2. The van der Waals surface area contributed by atoms with Crippen LogP contribution in [0.2, 0.25) is 5.02 Å². The van der Waals surface area contributed by atoms with Crippen LogP contribution in [0.3, 0.4) is 0 Å². The van der Waals surface area contributed by atoms with Gasteiger partial charge in [0.05, 0.1) is 19.2 Å². The highest BCUT2D eigenvalue weighted by molar-refractivity contribution is 6.30. The van der Waals surface area contributed by atoms with Gasteiger partial charge < -0.3 is 19.9 Å². The third-order valence-corrected chi connectivity index (χ3v) is 2.85. The first kappa shape index (κ1) is 18.8. The van der Waals surface area contributed by atoms with Crippen molar-refractivity contribution in [1.29, 1.82) is 0 Å². The van der Waals surface area contributed by atoms with E-state index < -0.39 is 17.7 Å². The number of amides is 1. The van der Waals surface area contributed by atoms with Crippen LogP contribution in [0.1, 0.15) is 26.3 Å². The van der Waals surface area contributed by atoms with Gasteiger partial charge >= 0.3 is 12.1 Å². The molecular formula is C16H20ClNO5. The molecule has 126 valence electrons. The van der Waals surface area contributed by atoms with Gasteiger partial charge in [-0.3, -0.25) is 0 Å². The minimum atomic E-state index is -1.16. The third-order valence-electron chi connectivity index (χ3n) is 2.62. The molecule has 1 rings (SSSR count). The number of hydrogen-bond acceptors (Lipinski definition) is 4. The van der Waals surface area contributed by atoms with Crippen LogP contribution in [0.25, 0.3) is 6.08 Å². The normalized spacial score (nSPS) is 11.8. The van der Waals surface area contributed by atoms with Crippen LogP contribution in [0.4, 0.5) is 4.79 Å². The number of hydrogen-bond donors (Lipinski definition) is 2. The van der Waals surface area contributed by atoms with Crippen molar-refractivity contribution in [3.05, 3.63) is 34.4 Å². The topological polar surface area (TPSA) is 84.9 Å². The first-order valence-electron chi connectivity index (χ1n) is 6.86. The van der Waals surface area contributed by atoms with Gasteiger partial charge in [0, 0.05) is 10.6 Å². The van der Waals surface area contributed by atoms with Gasteiger partial charge in [-0.2, -0.15) is 0 Å². The summed E-state index contributed by atoms with van der Waals surface area (Å²) in [4.78, 5) is 23.0. The minimum absolute atomic E-state index is 0.0311. The number of carbonyl (C=O) groups excluding carboxylic acids is 1. The third kappa shape index (κ3) is 6.61. The van der Waals surface area contributed by atoms with Crippen molar-refractivity contribution < 1.29 is 24.2 Å². The zero-order chi connectivity index (χ0) is 17.6. The summed E-state index contributed by atoms with van der Waals surface area (Å²) in [5, 5.41) is 12.1. The van der Waals surface area contributed by atoms with E-state index in [1.54, 1.807) is 39.0 Å². The maximum absolute atomic E-state index is 11.6. The smallest absolute Gasteiger partial charge is 0.407 e. The molecule has 0 aliphatic carbocycles. The lowest BCUT2D eigenvalue weighted by atomic mass is 10.1. The van der Waals surface area contributed by atoms with E-state index in [1.807, 2.05) is 0 Å². The quantitative estimate of drug-likeness (QED) is 0.802. The number of nitrogens with one attached hydrogen (secondary N) is 1. The van der Waals surface area contributed by atoms with Gasteiger partial charge in [-0.1, -0.05) is 11.6 Å². The summed E-state index contributed by atoms with van der Waals surface area (Å²) in [6.07, 6.45) is 0.701. The van der Waals surface area contributed by atoms with Crippen molar-refractivity contribution in [3.63, 3.8) is 0 Å². The number of alkyl carbamates (subject to hydrolysis) is 1. The highest BCUT2D eigenvalue weighted by atomic mass is 35.5. The number of halogens is 1. The fraction of sp³-hybridized carbons (Fsp3) is 0.375. The Morgan fingerprint density at radius 3 is 2.52 bits per heavy atom. The molecule has 0 heterocycles. The Bertz CT molecular complexity index is 619. The highest BCUT2D eigenvalue weighted by Crippen LogP contribution is 2.25. The molecule has 0 aliphatic rings. The molecule has 0 spiro atoms. The summed E-state index contributed by atoms with van der Waals surface area (Å²) in [5.41, 5.74) is -0.187. The summed E-state index contributed by atoms with van der Waals surface area (Å²) in [7, 11) is 1.47. The molecule has 0 aliphatic heterocycles. The molecule has 1 amide bonds. The Morgan fingerprint density at radius 1 is 1.35 bits per heavy atom. The Hall–Kier alpha value is -2.21. The van der Waals surface area contributed by atoms with Crippen molar-refractivity contribution in [1.82, 2.24) is 5.32 Å². The van der Waals surface area contributed by atoms with Crippen molar-refractivity contribution >= 4 is 29.7 Å². The number of carboxylic acid groups (broad SMARTS) is 1. The molecular weight excluding hydrogens is 322 g/mol. The standard InChI is InChI=1S/C16H20ClNO5/c1-16(2,3)23-15(21)18-9-11(14(19)20)7-10-8-12(17)5-6-13(10)22-4/h5-8H,9H2,1-4H3,(H,18,21)(H,19,20)/b11-7+. The Balaban J connectivity index is 2.93. The molecule has 0 aromatic heterocycles. The van der Waals surface area contributed by atoms with Crippen LogP contribution >= 0.6 is 11.6 Å². The molecule has 7 heteroatoms. The fourth-order valence-electron chi connectivity index (χ4n) is 1.68. The molecule has 2 N–H and O–H groups in total. The van der Waals surface area contributed by atoms with E-state index in [2.05, 4.69) is 5.32 Å². The van der Waals surface area contributed by atoms with Gasteiger partial charge in [-0.15, -0.1) is 0 Å². The van der Waals surface area contributed by atoms with Crippen molar-refractivity contribution in [2.24, 2.45) is 0 Å². The van der Waals surface area contributed by atoms with Crippen LogP contribution in [0, 0.1) is 0 Å². The molecule has 0 atom stereocenters. The molecule has 0 bridgehead atoms. The molecule has 1 aromatic carbocycles. The summed E-state index contributed by atoms with van der Waals surface area (Å²) in [5.74, 6) is -0.687. The van der Waals surface area contributed by atoms with Gasteiger partial charge in [0.1, 0.15) is 11.4 Å². The van der Waals surface area contributed by atoms with Gasteiger partial charge in [0.15, 0.2) is 0 Å². The lowest BCUT2D eigenvalue weighted by Gasteiger charge is -2.19. The van der Waals surface area contributed by atoms with Crippen LogP contribution in [-0.2, 0) is 9.53 Å². The van der Waals surface area contributed by atoms with Gasteiger partial charge in [-0.25, -0.2) is 9.59 Å². The van der Waals surface area contributed by atoms with E-state index in [4.69, 9.17) is 21.1 Å². The van der Waals surface area contributed by atoms with Crippen molar-refractivity contribution in [3.8, 4) is 5.75 Å². The van der Waals surface area contributed by atoms with Crippen molar-refractivity contribution in [2.45, 2.75) is 26.4 Å².